The van der Waals surface area contributed by atoms with Crippen LogP contribution in [0.3, 0.4) is 0 Å². The minimum atomic E-state index is 0.0425. The Labute approximate surface area is 67.2 Å². The van der Waals surface area contributed by atoms with E-state index in [1.54, 1.807) is 0 Å². The third-order valence-corrected chi connectivity index (χ3v) is 2.31. The van der Waals surface area contributed by atoms with Crippen molar-refractivity contribution in [2.45, 2.75) is 0 Å². The molecule has 4 heteroatoms. The Balaban J connectivity index is 2.35. The van der Waals surface area contributed by atoms with Gasteiger partial charge in [0.05, 0.1) is 19.7 Å². The molecule has 0 spiro atoms. The van der Waals surface area contributed by atoms with E-state index in [-0.39, 0.29) is 11.3 Å². The average molecular weight is 161 g/mol. The van der Waals surface area contributed by atoms with Crippen molar-refractivity contribution in [2.24, 2.45) is 0 Å². The van der Waals surface area contributed by atoms with Crippen LogP contribution in [0.15, 0.2) is 0 Å². The van der Waals surface area contributed by atoms with Gasteiger partial charge in [-0.25, -0.2) is 5.21 Å². The molecule has 0 radical (unpaired) electrons. The van der Waals surface area contributed by atoms with Crippen molar-refractivity contribution in [1.29, 1.82) is 0 Å². The summed E-state index contributed by atoms with van der Waals surface area (Å²) in [6, 6.07) is 0. The highest BCUT2D eigenvalue weighted by atomic mass is 16.5. The van der Waals surface area contributed by atoms with Crippen LogP contribution in [-0.2, 0) is 0 Å². The summed E-state index contributed by atoms with van der Waals surface area (Å²) in [5.74, 6) is 0. The van der Waals surface area contributed by atoms with Gasteiger partial charge in [-0.2, -0.15) is 4.65 Å². The molecule has 1 aliphatic heterocycles. The van der Waals surface area contributed by atoms with Gasteiger partial charge < -0.3 is 5.11 Å². The summed E-state index contributed by atoms with van der Waals surface area (Å²) >= 11 is 0. The van der Waals surface area contributed by atoms with Crippen molar-refractivity contribution < 1.29 is 15.0 Å². The van der Waals surface area contributed by atoms with Gasteiger partial charge in [0.2, 0.25) is 0 Å². The van der Waals surface area contributed by atoms with Crippen LogP contribution in [-0.4, -0.2) is 66.2 Å². The first-order valence-electron chi connectivity index (χ1n) is 4.04. The Kier molecular flexibility index (Phi) is 2.84. The lowest BCUT2D eigenvalue weighted by Crippen LogP contribution is -2.57. The highest BCUT2D eigenvalue weighted by Gasteiger charge is 2.29. The monoisotopic (exact) mass is 161 g/mol. The van der Waals surface area contributed by atoms with Crippen LogP contribution in [0.4, 0.5) is 0 Å². The van der Waals surface area contributed by atoms with Gasteiger partial charge in [-0.05, 0) is 7.05 Å². The fraction of sp³-hybridized carbons (Fsp3) is 1.00. The molecule has 1 rings (SSSR count). The van der Waals surface area contributed by atoms with Crippen molar-refractivity contribution in [3.63, 3.8) is 0 Å². The zero-order valence-corrected chi connectivity index (χ0v) is 7.03. The van der Waals surface area contributed by atoms with E-state index < -0.39 is 0 Å². The van der Waals surface area contributed by atoms with E-state index in [1.165, 1.54) is 0 Å². The largest absolute Gasteiger partial charge is 0.390 e. The van der Waals surface area contributed by atoms with Gasteiger partial charge in [-0.15, -0.1) is 0 Å². The van der Waals surface area contributed by atoms with E-state index in [0.29, 0.717) is 6.54 Å². The van der Waals surface area contributed by atoms with Gasteiger partial charge in [0, 0.05) is 0 Å². The lowest BCUT2D eigenvalue weighted by molar-refractivity contribution is -1.10. The molecule has 0 aromatic carbocycles. The molecule has 0 aromatic heterocycles. The fourth-order valence-corrected chi connectivity index (χ4v) is 1.35. The van der Waals surface area contributed by atoms with Crippen molar-refractivity contribution >= 4 is 0 Å². The summed E-state index contributed by atoms with van der Waals surface area (Å²) in [7, 11) is 2.04. The maximum atomic E-state index is 9.74. The summed E-state index contributed by atoms with van der Waals surface area (Å²) in [5, 5.41) is 18.4. The maximum Gasteiger partial charge on any atom is 0.132 e. The average Bonchev–Trinajstić information content (AvgIpc) is 1.97. The summed E-state index contributed by atoms with van der Waals surface area (Å²) in [4.78, 5) is 2.18. The van der Waals surface area contributed by atoms with Gasteiger partial charge in [0.25, 0.3) is 0 Å². The van der Waals surface area contributed by atoms with Crippen LogP contribution < -0.4 is 0 Å². The smallest absolute Gasteiger partial charge is 0.132 e. The van der Waals surface area contributed by atoms with E-state index in [1.807, 2.05) is 7.05 Å². The Hall–Kier alpha value is -0.160. The Morgan fingerprint density at radius 2 is 1.91 bits per heavy atom. The number of hydroxylamine groups is 3. The second kappa shape index (κ2) is 3.49. The molecule has 0 saturated carbocycles. The van der Waals surface area contributed by atoms with Gasteiger partial charge in [-0.1, -0.05) is 0 Å². The number of rotatable bonds is 2. The molecule has 0 aliphatic carbocycles. The highest BCUT2D eigenvalue weighted by molar-refractivity contribution is 4.55. The molecular formula is C7H17N2O2+. The molecule has 66 valence electrons. The Morgan fingerprint density at radius 1 is 1.36 bits per heavy atom. The number of likely N-dealkylation sites (N-methyl/N-ethyl adjacent to an activating group) is 1. The molecule has 4 nitrogen and oxygen atoms in total. The van der Waals surface area contributed by atoms with Crippen molar-refractivity contribution in [1.82, 2.24) is 4.90 Å². The van der Waals surface area contributed by atoms with Crippen molar-refractivity contribution in [2.75, 3.05) is 46.4 Å². The summed E-state index contributed by atoms with van der Waals surface area (Å²) in [6.45, 7) is 3.83. The molecule has 0 bridgehead atoms. The zero-order valence-electron chi connectivity index (χ0n) is 7.03. The van der Waals surface area contributed by atoms with Gasteiger partial charge >= 0.3 is 0 Å². The molecule has 11 heavy (non-hydrogen) atoms. The fourth-order valence-electron chi connectivity index (χ4n) is 1.35. The Bertz CT molecular complexity index is 122. The first-order chi connectivity index (χ1) is 5.16. The van der Waals surface area contributed by atoms with E-state index in [9.17, 15) is 5.21 Å². The van der Waals surface area contributed by atoms with Gasteiger partial charge in [0.15, 0.2) is 0 Å². The van der Waals surface area contributed by atoms with Crippen LogP contribution >= 0.6 is 0 Å². The lowest BCUT2D eigenvalue weighted by atomic mass is 10.3. The number of aliphatic hydroxyl groups excluding tert-OH is 1. The number of hydrogen-bond donors (Lipinski definition) is 2. The van der Waals surface area contributed by atoms with Gasteiger partial charge in [0.1, 0.15) is 19.6 Å². The number of quaternary nitrogens is 1. The van der Waals surface area contributed by atoms with Crippen LogP contribution in [0.5, 0.6) is 0 Å². The van der Waals surface area contributed by atoms with Crippen molar-refractivity contribution in [3.8, 4) is 0 Å². The maximum absolute atomic E-state index is 9.74. The molecule has 0 unspecified atom stereocenters. The van der Waals surface area contributed by atoms with Crippen molar-refractivity contribution in [3.05, 3.63) is 0 Å². The van der Waals surface area contributed by atoms with E-state index in [2.05, 4.69) is 4.90 Å². The first-order valence-corrected chi connectivity index (χ1v) is 4.04. The normalized spacial score (nSPS) is 25.4. The quantitative estimate of drug-likeness (QED) is 0.517. The minimum Gasteiger partial charge on any atom is -0.390 e. The second-order valence-electron chi connectivity index (χ2n) is 3.29. The topological polar surface area (TPSA) is 43.7 Å². The minimum absolute atomic E-state index is 0.0425. The Morgan fingerprint density at radius 3 is 2.36 bits per heavy atom. The second-order valence-corrected chi connectivity index (χ2v) is 3.29. The van der Waals surface area contributed by atoms with Crippen LogP contribution in [0, 0.1) is 0 Å². The third kappa shape index (κ3) is 2.41. The molecule has 0 atom stereocenters. The summed E-state index contributed by atoms with van der Waals surface area (Å²) in [6.07, 6.45) is 0. The number of piperazine rings is 1. The molecule has 1 saturated heterocycles. The SMILES string of the molecule is CN1CC[N+](O)(CCO)CC1. The molecule has 2 N–H and O–H groups in total. The van der Waals surface area contributed by atoms with Gasteiger partial charge in [-0.3, -0.25) is 4.90 Å². The molecule has 1 fully saturated rings. The van der Waals surface area contributed by atoms with Crippen LogP contribution in [0.1, 0.15) is 0 Å². The predicted octanol–water partition coefficient (Wildman–Crippen LogP) is -0.870. The lowest BCUT2D eigenvalue weighted by Gasteiger charge is -2.36. The summed E-state index contributed by atoms with van der Waals surface area (Å²) < 4.78 is 0.0425. The first kappa shape index (κ1) is 8.93. The molecule has 0 amide bonds. The molecular weight excluding hydrogens is 144 g/mol. The van der Waals surface area contributed by atoms with E-state index in [0.717, 1.165) is 26.2 Å². The number of nitrogens with zero attached hydrogens (tertiary/aromatic N) is 2. The molecule has 0 aromatic rings. The zero-order chi connectivity index (χ0) is 8.32. The van der Waals surface area contributed by atoms with E-state index in [4.69, 9.17) is 5.11 Å². The van der Waals surface area contributed by atoms with Crippen LogP contribution in [0.2, 0.25) is 0 Å². The third-order valence-electron chi connectivity index (χ3n) is 2.31. The number of aliphatic hydroxyl groups is 1. The number of hydrogen-bond acceptors (Lipinski definition) is 3. The standard InChI is InChI=1S/C7H17N2O2/c1-8-2-4-9(11,5-3-8)6-7-10/h10-11H,2-7H2,1H3/q+1. The van der Waals surface area contributed by atoms with Crippen LogP contribution in [0.25, 0.3) is 0 Å². The molecule has 1 aliphatic rings. The predicted molar refractivity (Wildman–Crippen MR) is 41.2 cm³/mol. The van der Waals surface area contributed by atoms with E-state index >= 15 is 0 Å². The molecule has 1 heterocycles. The summed E-state index contributed by atoms with van der Waals surface area (Å²) in [5.41, 5.74) is 0. The highest BCUT2D eigenvalue weighted by Crippen LogP contribution is 2.06.